The number of methoxy groups -OCH3 is 1. The van der Waals surface area contributed by atoms with E-state index >= 15 is 0 Å². The van der Waals surface area contributed by atoms with Gasteiger partial charge in [-0.1, -0.05) is 42.5 Å². The number of hydrogen-bond acceptors (Lipinski definition) is 3. The summed E-state index contributed by atoms with van der Waals surface area (Å²) >= 11 is 2.21. The zero-order chi connectivity index (χ0) is 17.5. The SMILES string of the molecule is CO[C@@H](C(=O)N[C@@H](Cc1ccc(I)cc1)C(N)=O)c1ccccc1. The standard InChI is InChI=1S/C18H19IN2O3/c1-24-16(13-5-3-2-4-6-13)18(23)21-15(17(20)22)11-12-7-9-14(19)10-8-12/h2-10,15-16H,11H2,1H3,(H2,20,22)(H,21,23)/t15-,16+/m0/s1. The van der Waals surface area contributed by atoms with E-state index in [9.17, 15) is 9.59 Å². The molecule has 2 aromatic rings. The summed E-state index contributed by atoms with van der Waals surface area (Å²) in [5, 5.41) is 2.69. The monoisotopic (exact) mass is 438 g/mol. The van der Waals surface area contributed by atoms with Crippen LogP contribution in [0.2, 0.25) is 0 Å². The lowest BCUT2D eigenvalue weighted by Crippen LogP contribution is -2.47. The maximum Gasteiger partial charge on any atom is 0.254 e. The fourth-order valence-corrected chi connectivity index (χ4v) is 2.71. The Kier molecular flexibility index (Phi) is 6.74. The third-order valence-corrected chi connectivity index (χ3v) is 4.31. The van der Waals surface area contributed by atoms with Gasteiger partial charge in [-0.05, 0) is 45.9 Å². The van der Waals surface area contributed by atoms with Gasteiger partial charge in [0.1, 0.15) is 6.04 Å². The molecule has 0 aliphatic heterocycles. The molecule has 0 radical (unpaired) electrons. The molecular formula is C18H19IN2O3. The van der Waals surface area contributed by atoms with Gasteiger partial charge in [0.15, 0.2) is 6.10 Å². The van der Waals surface area contributed by atoms with Gasteiger partial charge >= 0.3 is 0 Å². The average Bonchev–Trinajstić information content (AvgIpc) is 2.57. The highest BCUT2D eigenvalue weighted by molar-refractivity contribution is 14.1. The van der Waals surface area contributed by atoms with E-state index in [2.05, 4.69) is 27.9 Å². The average molecular weight is 438 g/mol. The summed E-state index contributed by atoms with van der Waals surface area (Å²) < 4.78 is 6.38. The maximum atomic E-state index is 12.5. The molecule has 126 valence electrons. The molecule has 2 aromatic carbocycles. The van der Waals surface area contributed by atoms with Crippen LogP contribution in [0.1, 0.15) is 17.2 Å². The van der Waals surface area contributed by atoms with E-state index in [1.165, 1.54) is 7.11 Å². The second-order valence-electron chi connectivity index (χ2n) is 5.32. The smallest absolute Gasteiger partial charge is 0.254 e. The summed E-state index contributed by atoms with van der Waals surface area (Å²) in [5.74, 6) is -0.970. The number of hydrogen-bond donors (Lipinski definition) is 2. The predicted molar refractivity (Wildman–Crippen MR) is 100 cm³/mol. The van der Waals surface area contributed by atoms with Gasteiger partial charge in [0.2, 0.25) is 5.91 Å². The van der Waals surface area contributed by atoms with Crippen LogP contribution in [-0.4, -0.2) is 25.0 Å². The van der Waals surface area contributed by atoms with E-state index in [-0.39, 0.29) is 0 Å². The van der Waals surface area contributed by atoms with Gasteiger partial charge in [-0.15, -0.1) is 0 Å². The predicted octanol–water partition coefficient (Wildman–Crippen LogP) is 2.19. The topological polar surface area (TPSA) is 81.4 Å². The second kappa shape index (κ2) is 8.79. The minimum Gasteiger partial charge on any atom is -0.368 e. The van der Waals surface area contributed by atoms with Crippen molar-refractivity contribution in [1.29, 1.82) is 0 Å². The molecule has 0 heterocycles. The molecule has 3 N–H and O–H groups in total. The molecule has 0 aliphatic rings. The number of benzene rings is 2. The summed E-state index contributed by atoms with van der Waals surface area (Å²) in [6.07, 6.45) is -0.451. The van der Waals surface area contributed by atoms with Crippen molar-refractivity contribution in [2.24, 2.45) is 5.73 Å². The lowest BCUT2D eigenvalue weighted by Gasteiger charge is -2.20. The van der Waals surface area contributed by atoms with Gasteiger partial charge in [0.25, 0.3) is 5.91 Å². The Morgan fingerprint density at radius 3 is 2.29 bits per heavy atom. The molecule has 0 saturated heterocycles. The minimum absolute atomic E-state index is 0.337. The Labute approximate surface area is 154 Å². The van der Waals surface area contributed by atoms with Crippen molar-refractivity contribution >= 4 is 34.4 Å². The van der Waals surface area contributed by atoms with Crippen LogP contribution in [0.5, 0.6) is 0 Å². The van der Waals surface area contributed by atoms with Crippen molar-refractivity contribution in [3.05, 3.63) is 69.3 Å². The van der Waals surface area contributed by atoms with Gasteiger partial charge in [-0.25, -0.2) is 0 Å². The van der Waals surface area contributed by atoms with Crippen molar-refractivity contribution in [1.82, 2.24) is 5.32 Å². The van der Waals surface area contributed by atoms with Crippen molar-refractivity contribution in [2.75, 3.05) is 7.11 Å². The van der Waals surface area contributed by atoms with E-state index in [4.69, 9.17) is 10.5 Å². The zero-order valence-corrected chi connectivity index (χ0v) is 15.4. The van der Waals surface area contributed by atoms with Crippen LogP contribution in [0.3, 0.4) is 0 Å². The van der Waals surface area contributed by atoms with E-state index in [1.54, 1.807) is 12.1 Å². The summed E-state index contributed by atoms with van der Waals surface area (Å²) in [6, 6.07) is 16.0. The van der Waals surface area contributed by atoms with Gasteiger partial charge in [0, 0.05) is 17.1 Å². The number of carbonyl (C=O) groups excluding carboxylic acids is 2. The van der Waals surface area contributed by atoms with E-state index < -0.39 is 24.0 Å². The quantitative estimate of drug-likeness (QED) is 0.651. The molecule has 2 rings (SSSR count). The first-order valence-corrected chi connectivity index (χ1v) is 8.51. The van der Waals surface area contributed by atoms with Crippen LogP contribution >= 0.6 is 22.6 Å². The normalized spacial score (nSPS) is 13.1. The first kappa shape index (κ1) is 18.4. The Morgan fingerprint density at radius 1 is 1.12 bits per heavy atom. The molecule has 0 unspecified atom stereocenters. The van der Waals surface area contributed by atoms with Gasteiger partial charge in [-0.3, -0.25) is 9.59 Å². The molecule has 0 saturated carbocycles. The number of nitrogens with one attached hydrogen (secondary N) is 1. The number of ether oxygens (including phenoxy) is 1. The molecule has 0 aliphatic carbocycles. The highest BCUT2D eigenvalue weighted by Gasteiger charge is 2.25. The third-order valence-electron chi connectivity index (χ3n) is 3.59. The van der Waals surface area contributed by atoms with Gasteiger partial charge in [-0.2, -0.15) is 0 Å². The van der Waals surface area contributed by atoms with Crippen LogP contribution in [0.25, 0.3) is 0 Å². The van der Waals surface area contributed by atoms with Crippen molar-refractivity contribution in [2.45, 2.75) is 18.6 Å². The van der Waals surface area contributed by atoms with Crippen molar-refractivity contribution < 1.29 is 14.3 Å². The number of primary amides is 1. The number of carbonyl (C=O) groups is 2. The molecule has 5 nitrogen and oxygen atoms in total. The molecule has 6 heteroatoms. The third kappa shape index (κ3) is 5.04. The Hall–Kier alpha value is -1.93. The number of nitrogens with two attached hydrogens (primary N) is 1. The molecule has 0 bridgehead atoms. The number of rotatable bonds is 7. The molecule has 0 fully saturated rings. The van der Waals surface area contributed by atoms with Crippen molar-refractivity contribution in [3.63, 3.8) is 0 Å². The van der Waals surface area contributed by atoms with E-state index in [1.807, 2.05) is 42.5 Å². The second-order valence-corrected chi connectivity index (χ2v) is 6.57. The van der Waals surface area contributed by atoms with Crippen LogP contribution in [-0.2, 0) is 20.7 Å². The molecule has 0 aromatic heterocycles. The number of amides is 2. The molecule has 2 atom stereocenters. The number of halogens is 1. The minimum atomic E-state index is -0.793. The molecule has 2 amide bonds. The fourth-order valence-electron chi connectivity index (χ4n) is 2.35. The lowest BCUT2D eigenvalue weighted by molar-refractivity contribution is -0.134. The lowest BCUT2D eigenvalue weighted by atomic mass is 10.0. The fraction of sp³-hybridized carbons (Fsp3) is 0.222. The largest absolute Gasteiger partial charge is 0.368 e. The van der Waals surface area contributed by atoms with Crippen LogP contribution in [0, 0.1) is 3.57 Å². The first-order chi connectivity index (χ1) is 11.5. The zero-order valence-electron chi connectivity index (χ0n) is 13.2. The summed E-state index contributed by atoms with van der Waals surface area (Å²) in [6.45, 7) is 0. The van der Waals surface area contributed by atoms with E-state index in [0.717, 1.165) is 14.7 Å². The Morgan fingerprint density at radius 2 is 1.75 bits per heavy atom. The van der Waals surface area contributed by atoms with Crippen LogP contribution in [0.15, 0.2) is 54.6 Å². The maximum absolute atomic E-state index is 12.5. The summed E-state index contributed by atoms with van der Waals surface area (Å²) in [4.78, 5) is 24.2. The molecular weight excluding hydrogens is 419 g/mol. The van der Waals surface area contributed by atoms with Crippen LogP contribution < -0.4 is 11.1 Å². The van der Waals surface area contributed by atoms with Gasteiger partial charge in [0.05, 0.1) is 0 Å². The Balaban J connectivity index is 2.10. The Bertz CT molecular complexity index is 689. The van der Waals surface area contributed by atoms with Gasteiger partial charge < -0.3 is 15.8 Å². The summed E-state index contributed by atoms with van der Waals surface area (Å²) in [5.41, 5.74) is 7.09. The molecule has 24 heavy (non-hydrogen) atoms. The first-order valence-electron chi connectivity index (χ1n) is 7.43. The van der Waals surface area contributed by atoms with Crippen molar-refractivity contribution in [3.8, 4) is 0 Å². The summed E-state index contributed by atoms with van der Waals surface area (Å²) in [7, 11) is 1.45. The highest BCUT2D eigenvalue weighted by Crippen LogP contribution is 2.17. The van der Waals surface area contributed by atoms with E-state index in [0.29, 0.717) is 6.42 Å². The molecule has 0 spiro atoms. The highest BCUT2D eigenvalue weighted by atomic mass is 127. The van der Waals surface area contributed by atoms with Crippen LogP contribution in [0.4, 0.5) is 0 Å².